The number of quaternary nitrogens is 1. The predicted molar refractivity (Wildman–Crippen MR) is 341 cm³/mol. The summed E-state index contributed by atoms with van der Waals surface area (Å²) < 4.78 is 30.7. The molecule has 9 nitrogen and oxygen atoms in total. The molecule has 79 heavy (non-hydrogen) atoms. The van der Waals surface area contributed by atoms with Crippen molar-refractivity contribution in [1.29, 1.82) is 0 Å². The molecule has 3 unspecified atom stereocenters. The quantitative estimate of drug-likeness (QED) is 0.0205. The fraction of sp³-hybridized carbons (Fsp3) is 0.739. The highest BCUT2D eigenvalue weighted by Crippen LogP contribution is 2.43. The Bertz CT molecular complexity index is 1670. The van der Waals surface area contributed by atoms with E-state index in [1.54, 1.807) is 0 Å². The lowest BCUT2D eigenvalue weighted by atomic mass is 10.0. The fourth-order valence-electron chi connectivity index (χ4n) is 8.93. The zero-order valence-corrected chi connectivity index (χ0v) is 53.0. The van der Waals surface area contributed by atoms with Gasteiger partial charge in [-0.1, -0.05) is 247 Å². The number of esters is 1. The molecule has 0 heterocycles. The summed E-state index contributed by atoms with van der Waals surface area (Å²) in [5.74, 6) is -0.543. The summed E-state index contributed by atoms with van der Waals surface area (Å²) in [6.45, 7) is 6.94. The van der Waals surface area contributed by atoms with Crippen LogP contribution in [0.1, 0.15) is 278 Å². The first-order valence-electron chi connectivity index (χ1n) is 32.6. The van der Waals surface area contributed by atoms with E-state index in [2.05, 4.69) is 111 Å². The van der Waals surface area contributed by atoms with Crippen LogP contribution in [0.25, 0.3) is 0 Å². The SMILES string of the molecule is CCCCC/C=C\C/C=C\C/C=C\C/C=C\CCCCCCCCCC(=O)NC(COP(=O)(O)OCC[N+](C)(C)C)C(/C=C\CCCCCCCCCCCCC)OC(=O)CCCCCC/C=C\C/C=C\C/C=C\CCCCC. The van der Waals surface area contributed by atoms with Crippen molar-refractivity contribution in [1.82, 2.24) is 5.32 Å². The molecule has 0 aliphatic carbocycles. The normalized spacial score (nSPS) is 14.3. The molecule has 0 rings (SSSR count). The number of phosphoric acid groups is 1. The molecule has 3 atom stereocenters. The minimum absolute atomic E-state index is 0.0297. The lowest BCUT2D eigenvalue weighted by Crippen LogP contribution is -2.47. The number of allylic oxidation sites excluding steroid dienone is 15. The number of nitrogens with one attached hydrogen (secondary N) is 1. The highest BCUT2D eigenvalue weighted by molar-refractivity contribution is 7.47. The Balaban J connectivity index is 5.29. The molecule has 0 bridgehead atoms. The molecular weight excluding hydrogens is 1000 g/mol. The average Bonchev–Trinajstić information content (AvgIpc) is 3.41. The summed E-state index contributed by atoms with van der Waals surface area (Å²) in [7, 11) is 1.47. The molecule has 0 aliphatic heterocycles. The number of likely N-dealkylation sites (N-methyl/N-ethyl adjacent to an activating group) is 1. The number of carbonyl (C=O) groups excluding carboxylic acids is 2. The van der Waals surface area contributed by atoms with Gasteiger partial charge in [0.2, 0.25) is 5.91 Å². The van der Waals surface area contributed by atoms with Crippen molar-refractivity contribution in [2.45, 2.75) is 290 Å². The first kappa shape index (κ1) is 75.9. The highest BCUT2D eigenvalue weighted by Gasteiger charge is 2.30. The molecule has 0 aromatic heterocycles. The van der Waals surface area contributed by atoms with Gasteiger partial charge in [-0.25, -0.2) is 4.57 Å². The maximum Gasteiger partial charge on any atom is 0.472 e. The minimum Gasteiger partial charge on any atom is -0.456 e. The number of rotatable bonds is 58. The lowest BCUT2D eigenvalue weighted by molar-refractivity contribution is -0.870. The molecule has 0 saturated heterocycles. The molecule has 456 valence electrons. The molecule has 0 saturated carbocycles. The van der Waals surface area contributed by atoms with Crippen LogP contribution in [0, 0.1) is 0 Å². The summed E-state index contributed by atoms with van der Waals surface area (Å²) >= 11 is 0. The first-order valence-corrected chi connectivity index (χ1v) is 34.1. The van der Waals surface area contributed by atoms with Crippen LogP contribution < -0.4 is 5.32 Å². The van der Waals surface area contributed by atoms with E-state index in [9.17, 15) is 19.0 Å². The van der Waals surface area contributed by atoms with Crippen molar-refractivity contribution in [3.63, 3.8) is 0 Å². The summed E-state index contributed by atoms with van der Waals surface area (Å²) in [5.41, 5.74) is 0. The molecule has 2 N–H and O–H groups in total. The standard InChI is InChI=1S/C69H123N2O7P/c1-7-10-13-16-19-22-25-28-30-32-33-34-35-36-37-39-40-43-46-49-52-55-58-61-68(72)70-66(65-77-79(74,75)76-64-63-71(4,5)6)67(60-57-54-51-48-45-42-27-24-21-18-15-12-9-3)78-69(73)62-59-56-53-50-47-44-41-38-31-29-26-23-20-17-14-11-8-2/h19-20,22-23,28-31,33-34,36-37,41,44,57,60,66-67H,7-18,21,24-27,32,35,38-40,42-43,45-56,58-59,61-65H2,1-6H3,(H-,70,72,74,75)/p+1/b22-19-,23-20-,30-28-,31-29-,34-33-,37-36-,44-41-,60-57-. The average molecular weight is 1120 g/mol. The van der Waals surface area contributed by atoms with Gasteiger partial charge >= 0.3 is 13.8 Å². The second kappa shape index (κ2) is 58.1. The fourth-order valence-corrected chi connectivity index (χ4v) is 9.67. The Morgan fingerprint density at radius 3 is 1.18 bits per heavy atom. The van der Waals surface area contributed by atoms with E-state index < -0.39 is 20.0 Å². The van der Waals surface area contributed by atoms with Gasteiger partial charge in [-0.3, -0.25) is 18.6 Å². The third-order valence-corrected chi connectivity index (χ3v) is 15.0. The maximum absolute atomic E-state index is 13.6. The van der Waals surface area contributed by atoms with E-state index in [4.69, 9.17) is 13.8 Å². The number of hydrogen-bond donors (Lipinski definition) is 2. The zero-order valence-electron chi connectivity index (χ0n) is 52.1. The van der Waals surface area contributed by atoms with Gasteiger partial charge in [-0.15, -0.1) is 0 Å². The van der Waals surface area contributed by atoms with Crippen molar-refractivity contribution >= 4 is 19.7 Å². The smallest absolute Gasteiger partial charge is 0.456 e. The van der Waals surface area contributed by atoms with Gasteiger partial charge in [0.25, 0.3) is 0 Å². The van der Waals surface area contributed by atoms with Gasteiger partial charge in [-0.2, -0.15) is 0 Å². The van der Waals surface area contributed by atoms with E-state index in [1.165, 1.54) is 128 Å². The predicted octanol–water partition coefficient (Wildman–Crippen LogP) is 20.3. The van der Waals surface area contributed by atoms with Crippen LogP contribution in [0.5, 0.6) is 0 Å². The van der Waals surface area contributed by atoms with Gasteiger partial charge in [0, 0.05) is 12.8 Å². The third-order valence-electron chi connectivity index (χ3n) is 14.0. The van der Waals surface area contributed by atoms with Gasteiger partial charge in [0.05, 0.1) is 33.8 Å². The van der Waals surface area contributed by atoms with Crippen molar-refractivity contribution in [3.05, 3.63) is 97.2 Å². The van der Waals surface area contributed by atoms with Crippen LogP contribution in [0.15, 0.2) is 97.2 Å². The van der Waals surface area contributed by atoms with Crippen LogP contribution in [0.2, 0.25) is 0 Å². The summed E-state index contributed by atoms with van der Waals surface area (Å²) in [4.78, 5) is 37.8. The summed E-state index contributed by atoms with van der Waals surface area (Å²) in [5, 5.41) is 3.05. The number of nitrogens with zero attached hydrogens (tertiary/aromatic N) is 1. The Kier molecular flexibility index (Phi) is 55.9. The van der Waals surface area contributed by atoms with Gasteiger partial charge in [0.1, 0.15) is 19.3 Å². The molecule has 0 radical (unpaired) electrons. The number of phosphoric ester groups is 1. The van der Waals surface area contributed by atoms with Crippen molar-refractivity contribution in [2.75, 3.05) is 40.9 Å². The molecule has 0 aromatic carbocycles. The van der Waals surface area contributed by atoms with Gasteiger partial charge in [0.15, 0.2) is 0 Å². The van der Waals surface area contributed by atoms with E-state index in [0.717, 1.165) is 109 Å². The summed E-state index contributed by atoms with van der Waals surface area (Å²) in [6, 6.07) is -0.870. The van der Waals surface area contributed by atoms with Crippen molar-refractivity contribution in [3.8, 4) is 0 Å². The Morgan fingerprint density at radius 2 is 0.772 bits per heavy atom. The second-order valence-corrected chi connectivity index (χ2v) is 24.4. The van der Waals surface area contributed by atoms with Crippen molar-refractivity contribution < 1.29 is 37.3 Å². The van der Waals surface area contributed by atoms with Crippen LogP contribution >= 0.6 is 7.82 Å². The minimum atomic E-state index is -4.47. The number of hydrogen-bond acceptors (Lipinski definition) is 6. The molecule has 10 heteroatoms. The van der Waals surface area contributed by atoms with Crippen LogP contribution in [0.3, 0.4) is 0 Å². The molecule has 0 fully saturated rings. The maximum atomic E-state index is 13.6. The van der Waals surface area contributed by atoms with Crippen LogP contribution in [-0.4, -0.2) is 74.3 Å². The van der Waals surface area contributed by atoms with Crippen LogP contribution in [-0.2, 0) is 27.9 Å². The third kappa shape index (κ3) is 59.4. The highest BCUT2D eigenvalue weighted by atomic mass is 31.2. The monoisotopic (exact) mass is 1120 g/mol. The Morgan fingerprint density at radius 1 is 0.443 bits per heavy atom. The Hall–Kier alpha value is -3.07. The number of unbranched alkanes of at least 4 members (excludes halogenated alkanes) is 28. The number of amides is 1. The number of carbonyl (C=O) groups is 2. The van der Waals surface area contributed by atoms with Gasteiger partial charge < -0.3 is 19.4 Å². The molecule has 0 aromatic rings. The second-order valence-electron chi connectivity index (χ2n) is 22.9. The molecule has 0 spiro atoms. The first-order chi connectivity index (χ1) is 38.4. The van der Waals surface area contributed by atoms with E-state index in [1.807, 2.05) is 33.3 Å². The lowest BCUT2D eigenvalue weighted by Gasteiger charge is -2.27. The molecular formula is C69H124N2O7P+. The topological polar surface area (TPSA) is 111 Å². The molecule has 1 amide bonds. The van der Waals surface area contributed by atoms with Crippen LogP contribution in [0.4, 0.5) is 0 Å². The van der Waals surface area contributed by atoms with Crippen molar-refractivity contribution in [2.24, 2.45) is 0 Å². The Labute approximate surface area is 488 Å². The van der Waals surface area contributed by atoms with E-state index >= 15 is 0 Å². The van der Waals surface area contributed by atoms with Gasteiger partial charge in [-0.05, 0) is 115 Å². The summed E-state index contributed by atoms with van der Waals surface area (Å²) in [6.07, 6.45) is 78.3. The van der Waals surface area contributed by atoms with E-state index in [-0.39, 0.29) is 31.5 Å². The zero-order chi connectivity index (χ0) is 57.9. The molecule has 0 aliphatic rings. The number of ether oxygens (including phenoxy) is 1. The largest absolute Gasteiger partial charge is 0.472 e. The van der Waals surface area contributed by atoms with E-state index in [0.29, 0.717) is 23.9 Å².